The van der Waals surface area contributed by atoms with Crippen LogP contribution in [-0.4, -0.2) is 15.4 Å². The zero-order valence-corrected chi connectivity index (χ0v) is 13.7. The number of benzene rings is 2. The predicted molar refractivity (Wildman–Crippen MR) is 95.9 cm³/mol. The zero-order chi connectivity index (χ0) is 17.8. The molecule has 0 fully saturated rings. The number of nitro groups is 1. The Bertz CT molecular complexity index is 900. The molecule has 6 heteroatoms. The van der Waals surface area contributed by atoms with E-state index in [-0.39, 0.29) is 18.0 Å². The highest BCUT2D eigenvalue weighted by Crippen LogP contribution is 2.22. The van der Waals surface area contributed by atoms with Crippen LogP contribution in [0.15, 0.2) is 67.0 Å². The molecule has 0 saturated heterocycles. The fraction of sp³-hybridized carbons (Fsp3) is 0.105. The maximum Gasteiger partial charge on any atom is 0.271 e. The molecule has 2 aromatic carbocycles. The van der Waals surface area contributed by atoms with Gasteiger partial charge in [0.05, 0.1) is 17.0 Å². The molecule has 0 bridgehead atoms. The molecule has 1 amide bonds. The van der Waals surface area contributed by atoms with Crippen LogP contribution in [0.5, 0.6) is 0 Å². The molecule has 0 aliphatic heterocycles. The quantitative estimate of drug-likeness (QED) is 0.568. The van der Waals surface area contributed by atoms with Crippen molar-refractivity contribution in [1.29, 1.82) is 0 Å². The molecule has 0 saturated carbocycles. The van der Waals surface area contributed by atoms with Crippen LogP contribution in [-0.2, 0) is 11.2 Å². The van der Waals surface area contributed by atoms with Gasteiger partial charge in [-0.25, -0.2) is 0 Å². The maximum atomic E-state index is 12.2. The second-order valence-corrected chi connectivity index (χ2v) is 5.74. The van der Waals surface area contributed by atoms with Gasteiger partial charge in [0.25, 0.3) is 5.69 Å². The van der Waals surface area contributed by atoms with Crippen LogP contribution in [0.2, 0.25) is 0 Å². The van der Waals surface area contributed by atoms with Gasteiger partial charge in [0.2, 0.25) is 5.91 Å². The number of nitro benzene ring substituents is 1. The Balaban J connectivity index is 1.68. The fourth-order valence-corrected chi connectivity index (χ4v) is 2.53. The van der Waals surface area contributed by atoms with E-state index in [4.69, 9.17) is 0 Å². The Morgan fingerprint density at radius 3 is 2.44 bits per heavy atom. The van der Waals surface area contributed by atoms with Gasteiger partial charge in [0.1, 0.15) is 0 Å². The molecule has 0 spiro atoms. The average Bonchev–Trinajstić information content (AvgIpc) is 3.12. The van der Waals surface area contributed by atoms with Crippen LogP contribution in [0.1, 0.15) is 11.1 Å². The molecule has 3 rings (SSSR count). The second kappa shape index (κ2) is 7.00. The van der Waals surface area contributed by atoms with Gasteiger partial charge in [-0.05, 0) is 42.3 Å². The van der Waals surface area contributed by atoms with E-state index in [1.54, 1.807) is 13.0 Å². The molecule has 0 unspecified atom stereocenters. The summed E-state index contributed by atoms with van der Waals surface area (Å²) in [5.41, 5.74) is 3.09. The van der Waals surface area contributed by atoms with E-state index in [9.17, 15) is 14.9 Å². The molecular formula is C19H17N3O3. The van der Waals surface area contributed by atoms with Gasteiger partial charge in [-0.2, -0.15) is 0 Å². The highest BCUT2D eigenvalue weighted by atomic mass is 16.6. The minimum atomic E-state index is -0.477. The Hall–Kier alpha value is -3.41. The largest absolute Gasteiger partial charge is 0.325 e. The van der Waals surface area contributed by atoms with Gasteiger partial charge in [0, 0.05) is 30.2 Å². The maximum absolute atomic E-state index is 12.2. The van der Waals surface area contributed by atoms with Crippen LogP contribution >= 0.6 is 0 Å². The van der Waals surface area contributed by atoms with Gasteiger partial charge in [-0.15, -0.1) is 0 Å². The second-order valence-electron chi connectivity index (χ2n) is 5.74. The van der Waals surface area contributed by atoms with E-state index in [0.29, 0.717) is 5.69 Å². The first-order chi connectivity index (χ1) is 12.0. The van der Waals surface area contributed by atoms with Gasteiger partial charge in [-0.3, -0.25) is 14.9 Å². The van der Waals surface area contributed by atoms with Crippen molar-refractivity contribution in [1.82, 2.24) is 4.57 Å². The van der Waals surface area contributed by atoms with Crippen LogP contribution in [0, 0.1) is 17.0 Å². The van der Waals surface area contributed by atoms with Crippen molar-refractivity contribution < 1.29 is 9.72 Å². The average molecular weight is 335 g/mol. The molecule has 126 valence electrons. The lowest BCUT2D eigenvalue weighted by atomic mass is 10.1. The van der Waals surface area contributed by atoms with E-state index in [1.165, 1.54) is 12.1 Å². The molecule has 0 atom stereocenters. The van der Waals surface area contributed by atoms with E-state index >= 15 is 0 Å². The topological polar surface area (TPSA) is 77.2 Å². The molecule has 1 N–H and O–H groups in total. The Labute approximate surface area is 144 Å². The molecular weight excluding hydrogens is 318 g/mol. The Morgan fingerprint density at radius 2 is 1.80 bits per heavy atom. The Kier molecular flexibility index (Phi) is 4.61. The summed E-state index contributed by atoms with van der Waals surface area (Å²) in [5.74, 6) is -0.211. The molecule has 0 radical (unpaired) electrons. The Morgan fingerprint density at radius 1 is 1.12 bits per heavy atom. The molecule has 25 heavy (non-hydrogen) atoms. The summed E-state index contributed by atoms with van der Waals surface area (Å²) in [7, 11) is 0. The van der Waals surface area contributed by atoms with Crippen molar-refractivity contribution >= 4 is 17.3 Å². The first kappa shape index (κ1) is 16.4. The summed E-state index contributed by atoms with van der Waals surface area (Å²) in [6.07, 6.45) is 4.10. The monoisotopic (exact) mass is 335 g/mol. The summed E-state index contributed by atoms with van der Waals surface area (Å²) in [6, 6.07) is 16.0. The molecule has 1 aromatic heterocycles. The van der Waals surface area contributed by atoms with Crippen molar-refractivity contribution in [3.63, 3.8) is 0 Å². The van der Waals surface area contributed by atoms with E-state index in [0.717, 1.165) is 16.8 Å². The van der Waals surface area contributed by atoms with Gasteiger partial charge < -0.3 is 9.88 Å². The minimum Gasteiger partial charge on any atom is -0.325 e. The fourth-order valence-electron chi connectivity index (χ4n) is 2.53. The number of aryl methyl sites for hydroxylation is 1. The SMILES string of the molecule is Cc1ccc([N+](=O)[O-])cc1NC(=O)Cc1ccc(-n2cccc2)cc1. The van der Waals surface area contributed by atoms with E-state index in [1.807, 2.05) is 53.4 Å². The normalized spacial score (nSPS) is 10.4. The van der Waals surface area contributed by atoms with Crippen LogP contribution < -0.4 is 5.32 Å². The van der Waals surface area contributed by atoms with Crippen LogP contribution in [0.3, 0.4) is 0 Å². The molecule has 1 heterocycles. The summed E-state index contributed by atoms with van der Waals surface area (Å²) in [5, 5.41) is 13.6. The lowest BCUT2D eigenvalue weighted by Gasteiger charge is -2.09. The van der Waals surface area contributed by atoms with Gasteiger partial charge in [-0.1, -0.05) is 18.2 Å². The third-order valence-electron chi connectivity index (χ3n) is 3.91. The summed E-state index contributed by atoms with van der Waals surface area (Å²) in [4.78, 5) is 22.6. The number of anilines is 1. The van der Waals surface area contributed by atoms with Crippen molar-refractivity contribution in [3.8, 4) is 5.69 Å². The minimum absolute atomic E-state index is 0.0445. The lowest BCUT2D eigenvalue weighted by molar-refractivity contribution is -0.384. The number of hydrogen-bond donors (Lipinski definition) is 1. The first-order valence-corrected chi connectivity index (χ1v) is 7.80. The van der Waals surface area contributed by atoms with Crippen LogP contribution in [0.4, 0.5) is 11.4 Å². The highest BCUT2D eigenvalue weighted by Gasteiger charge is 2.11. The third-order valence-corrected chi connectivity index (χ3v) is 3.91. The first-order valence-electron chi connectivity index (χ1n) is 7.80. The summed E-state index contributed by atoms with van der Waals surface area (Å²) >= 11 is 0. The number of hydrogen-bond acceptors (Lipinski definition) is 3. The van der Waals surface area contributed by atoms with Crippen LogP contribution in [0.25, 0.3) is 5.69 Å². The molecule has 0 aliphatic rings. The molecule has 6 nitrogen and oxygen atoms in total. The molecule has 3 aromatic rings. The van der Waals surface area contributed by atoms with Crippen molar-refractivity contribution in [3.05, 3.63) is 88.2 Å². The van der Waals surface area contributed by atoms with E-state index in [2.05, 4.69) is 5.32 Å². The van der Waals surface area contributed by atoms with E-state index < -0.39 is 4.92 Å². The zero-order valence-electron chi connectivity index (χ0n) is 13.7. The number of nitrogens with zero attached hydrogens (tertiary/aromatic N) is 2. The predicted octanol–water partition coefficient (Wildman–Crippen LogP) is 3.88. The van der Waals surface area contributed by atoms with Gasteiger partial charge in [0.15, 0.2) is 0 Å². The van der Waals surface area contributed by atoms with Crippen molar-refractivity contribution in [2.45, 2.75) is 13.3 Å². The van der Waals surface area contributed by atoms with Gasteiger partial charge >= 0.3 is 0 Å². The smallest absolute Gasteiger partial charge is 0.271 e. The molecule has 0 aliphatic carbocycles. The number of amides is 1. The number of carbonyl (C=O) groups excluding carboxylic acids is 1. The number of nitrogens with one attached hydrogen (secondary N) is 1. The summed E-state index contributed by atoms with van der Waals surface area (Å²) in [6.45, 7) is 1.80. The number of carbonyl (C=O) groups is 1. The third kappa shape index (κ3) is 3.92. The summed E-state index contributed by atoms with van der Waals surface area (Å²) < 4.78 is 1.98. The number of aromatic nitrogens is 1. The number of non-ortho nitro benzene ring substituents is 1. The number of rotatable bonds is 5. The lowest BCUT2D eigenvalue weighted by Crippen LogP contribution is -2.15. The standard InChI is InChI=1S/C19H17N3O3/c1-14-4-7-17(22(24)25)13-18(14)20-19(23)12-15-5-8-16(9-6-15)21-10-2-3-11-21/h2-11,13H,12H2,1H3,(H,20,23). The highest BCUT2D eigenvalue weighted by molar-refractivity contribution is 5.93. The van der Waals surface area contributed by atoms with Crippen molar-refractivity contribution in [2.24, 2.45) is 0 Å². The van der Waals surface area contributed by atoms with Crippen molar-refractivity contribution in [2.75, 3.05) is 5.32 Å².